The standard InChI is InChI=1S/C15H20N6O/c1-21-10-18-12-13(17-9-11-5-3-2-4-6-11)19-15(16-7-8-22)20-14(12)21/h2-6,18,22H,7-10H2,1H3,(H2,16,17,19,20). The van der Waals surface area contributed by atoms with Crippen LogP contribution in [0.5, 0.6) is 0 Å². The van der Waals surface area contributed by atoms with E-state index in [9.17, 15) is 0 Å². The van der Waals surface area contributed by atoms with Crippen molar-refractivity contribution in [2.24, 2.45) is 0 Å². The summed E-state index contributed by atoms with van der Waals surface area (Å²) in [5.41, 5.74) is 2.10. The monoisotopic (exact) mass is 300 g/mol. The Morgan fingerprint density at radius 1 is 1.23 bits per heavy atom. The number of hydrogen-bond donors (Lipinski definition) is 4. The molecule has 1 aliphatic rings. The number of aromatic nitrogens is 2. The number of aliphatic hydroxyl groups excluding tert-OH is 1. The highest BCUT2D eigenvalue weighted by Gasteiger charge is 2.22. The van der Waals surface area contributed by atoms with E-state index in [1.54, 1.807) is 0 Å². The normalized spacial score (nSPS) is 12.7. The molecule has 0 radical (unpaired) electrons. The summed E-state index contributed by atoms with van der Waals surface area (Å²) in [7, 11) is 1.97. The van der Waals surface area contributed by atoms with E-state index < -0.39 is 0 Å². The fraction of sp³-hybridized carbons (Fsp3) is 0.333. The molecule has 3 rings (SSSR count). The Bertz CT molecular complexity index is 633. The molecule has 2 aromatic rings. The van der Waals surface area contributed by atoms with Gasteiger partial charge in [-0.1, -0.05) is 30.3 Å². The average molecular weight is 300 g/mol. The molecule has 0 spiro atoms. The molecule has 116 valence electrons. The van der Waals surface area contributed by atoms with E-state index in [1.165, 1.54) is 5.56 Å². The minimum Gasteiger partial charge on any atom is -0.395 e. The summed E-state index contributed by atoms with van der Waals surface area (Å²) < 4.78 is 0. The average Bonchev–Trinajstić information content (AvgIpc) is 2.93. The lowest BCUT2D eigenvalue weighted by atomic mass is 10.2. The largest absolute Gasteiger partial charge is 0.395 e. The number of nitrogens with zero attached hydrogens (tertiary/aromatic N) is 3. The molecule has 22 heavy (non-hydrogen) atoms. The molecule has 4 N–H and O–H groups in total. The van der Waals surface area contributed by atoms with Gasteiger partial charge >= 0.3 is 0 Å². The summed E-state index contributed by atoms with van der Waals surface area (Å²) >= 11 is 0. The van der Waals surface area contributed by atoms with E-state index in [-0.39, 0.29) is 6.61 Å². The first-order valence-corrected chi connectivity index (χ1v) is 7.27. The topological polar surface area (TPSA) is 85.3 Å². The lowest BCUT2D eigenvalue weighted by Crippen LogP contribution is -2.17. The maximum Gasteiger partial charge on any atom is 0.226 e. The molecule has 0 fully saturated rings. The summed E-state index contributed by atoms with van der Waals surface area (Å²) in [6.45, 7) is 1.86. The summed E-state index contributed by atoms with van der Waals surface area (Å²) in [6, 6.07) is 10.2. The molecule has 1 aliphatic heterocycles. The predicted molar refractivity (Wildman–Crippen MR) is 88.3 cm³/mol. The first-order valence-electron chi connectivity index (χ1n) is 7.27. The molecule has 1 aromatic carbocycles. The smallest absolute Gasteiger partial charge is 0.226 e. The van der Waals surface area contributed by atoms with E-state index in [2.05, 4.69) is 38.1 Å². The molecule has 0 saturated carbocycles. The van der Waals surface area contributed by atoms with Crippen LogP contribution in [0.3, 0.4) is 0 Å². The van der Waals surface area contributed by atoms with Crippen LogP contribution >= 0.6 is 0 Å². The Hall–Kier alpha value is -2.54. The van der Waals surface area contributed by atoms with Crippen LogP contribution in [0.1, 0.15) is 5.56 Å². The first kappa shape index (κ1) is 14.4. The second kappa shape index (κ2) is 6.48. The first-order chi connectivity index (χ1) is 10.8. The van der Waals surface area contributed by atoms with Crippen LogP contribution in [-0.4, -0.2) is 41.9 Å². The highest BCUT2D eigenvalue weighted by molar-refractivity contribution is 5.82. The lowest BCUT2D eigenvalue weighted by Gasteiger charge is -2.14. The van der Waals surface area contributed by atoms with Gasteiger partial charge in [0.05, 0.1) is 13.3 Å². The van der Waals surface area contributed by atoms with E-state index in [1.807, 2.05) is 30.1 Å². The Morgan fingerprint density at radius 3 is 2.82 bits per heavy atom. The summed E-state index contributed by atoms with van der Waals surface area (Å²) in [6.07, 6.45) is 0. The summed E-state index contributed by atoms with van der Waals surface area (Å²) in [4.78, 5) is 11.0. The second-order valence-electron chi connectivity index (χ2n) is 5.12. The molecule has 0 atom stereocenters. The number of rotatable bonds is 6. The predicted octanol–water partition coefficient (Wildman–Crippen LogP) is 1.31. The molecular formula is C15H20N6O. The van der Waals surface area contributed by atoms with Gasteiger partial charge in [0.2, 0.25) is 5.95 Å². The summed E-state index contributed by atoms with van der Waals surface area (Å²) in [5.74, 6) is 2.13. The molecule has 7 nitrogen and oxygen atoms in total. The number of hydrogen-bond acceptors (Lipinski definition) is 7. The van der Waals surface area contributed by atoms with Crippen molar-refractivity contribution in [2.75, 3.05) is 47.7 Å². The number of nitrogens with one attached hydrogen (secondary N) is 3. The van der Waals surface area contributed by atoms with Crippen molar-refractivity contribution in [3.63, 3.8) is 0 Å². The van der Waals surface area contributed by atoms with Crippen molar-refractivity contribution < 1.29 is 5.11 Å². The molecule has 0 saturated heterocycles. The minimum absolute atomic E-state index is 0.0430. The van der Waals surface area contributed by atoms with Crippen molar-refractivity contribution in [1.82, 2.24) is 9.97 Å². The number of benzene rings is 1. The van der Waals surface area contributed by atoms with Crippen LogP contribution in [0, 0.1) is 0 Å². The van der Waals surface area contributed by atoms with E-state index in [4.69, 9.17) is 5.11 Å². The van der Waals surface area contributed by atoms with Crippen molar-refractivity contribution in [1.29, 1.82) is 0 Å². The molecular weight excluding hydrogens is 280 g/mol. The van der Waals surface area contributed by atoms with Gasteiger partial charge in [0.15, 0.2) is 11.6 Å². The van der Waals surface area contributed by atoms with Crippen LogP contribution in [0.25, 0.3) is 0 Å². The van der Waals surface area contributed by atoms with Gasteiger partial charge in [0.1, 0.15) is 5.69 Å². The van der Waals surface area contributed by atoms with Gasteiger partial charge in [0, 0.05) is 20.1 Å². The van der Waals surface area contributed by atoms with Crippen molar-refractivity contribution >= 4 is 23.3 Å². The van der Waals surface area contributed by atoms with Crippen LogP contribution in [0.2, 0.25) is 0 Å². The fourth-order valence-electron chi connectivity index (χ4n) is 2.32. The molecule has 7 heteroatoms. The molecule has 1 aromatic heterocycles. The van der Waals surface area contributed by atoms with Gasteiger partial charge in [-0.2, -0.15) is 9.97 Å². The minimum atomic E-state index is 0.0430. The summed E-state index contributed by atoms with van der Waals surface area (Å²) in [5, 5.41) is 18.6. The van der Waals surface area contributed by atoms with Gasteiger partial charge < -0.3 is 26.0 Å². The van der Waals surface area contributed by atoms with Gasteiger partial charge in [-0.15, -0.1) is 0 Å². The quantitative estimate of drug-likeness (QED) is 0.640. The zero-order chi connectivity index (χ0) is 15.4. The zero-order valence-corrected chi connectivity index (χ0v) is 12.5. The molecule has 0 aliphatic carbocycles. The van der Waals surface area contributed by atoms with Gasteiger partial charge in [-0.3, -0.25) is 0 Å². The van der Waals surface area contributed by atoms with Gasteiger partial charge in [-0.05, 0) is 5.56 Å². The molecule has 0 unspecified atom stereocenters. The maximum absolute atomic E-state index is 8.94. The molecule has 2 heterocycles. The SMILES string of the molecule is CN1CNc2c(NCc3ccccc3)nc(NCCO)nc21. The lowest BCUT2D eigenvalue weighted by molar-refractivity contribution is 0.311. The Morgan fingerprint density at radius 2 is 2.05 bits per heavy atom. The van der Waals surface area contributed by atoms with E-state index in [0.29, 0.717) is 25.7 Å². The molecule has 0 amide bonds. The number of fused-ring (bicyclic) bond motifs is 1. The third-order valence-corrected chi connectivity index (χ3v) is 3.44. The van der Waals surface area contributed by atoms with Crippen molar-refractivity contribution in [3.05, 3.63) is 35.9 Å². The Kier molecular flexibility index (Phi) is 4.24. The third-order valence-electron chi connectivity index (χ3n) is 3.44. The van der Waals surface area contributed by atoms with Crippen molar-refractivity contribution in [2.45, 2.75) is 6.54 Å². The van der Waals surface area contributed by atoms with E-state index >= 15 is 0 Å². The Balaban J connectivity index is 1.82. The van der Waals surface area contributed by atoms with Crippen LogP contribution in [0.15, 0.2) is 30.3 Å². The van der Waals surface area contributed by atoms with Gasteiger partial charge in [0.25, 0.3) is 0 Å². The van der Waals surface area contributed by atoms with Crippen LogP contribution in [0.4, 0.5) is 23.3 Å². The van der Waals surface area contributed by atoms with Crippen LogP contribution in [-0.2, 0) is 6.54 Å². The molecule has 0 bridgehead atoms. The zero-order valence-electron chi connectivity index (χ0n) is 12.5. The highest BCUT2D eigenvalue weighted by atomic mass is 16.3. The highest BCUT2D eigenvalue weighted by Crippen LogP contribution is 2.35. The third kappa shape index (κ3) is 3.04. The van der Waals surface area contributed by atoms with Crippen molar-refractivity contribution in [3.8, 4) is 0 Å². The number of anilines is 4. The fourth-order valence-corrected chi connectivity index (χ4v) is 2.32. The van der Waals surface area contributed by atoms with Crippen LogP contribution < -0.4 is 20.9 Å². The van der Waals surface area contributed by atoms with E-state index in [0.717, 1.165) is 17.3 Å². The van der Waals surface area contributed by atoms with Gasteiger partial charge in [-0.25, -0.2) is 0 Å². The Labute approximate surface area is 129 Å². The number of aliphatic hydroxyl groups is 1. The second-order valence-corrected chi connectivity index (χ2v) is 5.12. The maximum atomic E-state index is 8.94.